The first-order chi connectivity index (χ1) is 8.91. The number of hydrogen-bond donors (Lipinski definition) is 2. The lowest BCUT2D eigenvalue weighted by atomic mass is 10.1. The van der Waals surface area contributed by atoms with Crippen LogP contribution in [0.4, 0.5) is 8.78 Å². The molecule has 2 rings (SSSR count). The van der Waals surface area contributed by atoms with E-state index in [1.807, 2.05) is 0 Å². The van der Waals surface area contributed by atoms with Gasteiger partial charge in [0.2, 0.25) is 0 Å². The fourth-order valence-corrected chi connectivity index (χ4v) is 2.52. The molecule has 7 heteroatoms. The molecule has 0 bridgehead atoms. The Morgan fingerprint density at radius 2 is 2.00 bits per heavy atom. The highest BCUT2D eigenvalue weighted by molar-refractivity contribution is 9.10. The number of aliphatic hydroxyl groups is 1. The van der Waals surface area contributed by atoms with Gasteiger partial charge in [0.15, 0.2) is 0 Å². The van der Waals surface area contributed by atoms with Crippen LogP contribution >= 0.6 is 15.9 Å². The van der Waals surface area contributed by atoms with Crippen molar-refractivity contribution in [2.24, 2.45) is 0 Å². The zero-order chi connectivity index (χ0) is 14.2. The van der Waals surface area contributed by atoms with Crippen molar-refractivity contribution in [1.29, 1.82) is 0 Å². The second kappa shape index (κ2) is 5.52. The van der Waals surface area contributed by atoms with Crippen LogP contribution in [0.15, 0.2) is 16.6 Å². The van der Waals surface area contributed by atoms with Gasteiger partial charge < -0.3 is 15.3 Å². The van der Waals surface area contributed by atoms with E-state index in [-0.39, 0.29) is 4.47 Å². The molecule has 1 aliphatic heterocycles. The molecule has 1 aromatic rings. The van der Waals surface area contributed by atoms with E-state index in [1.54, 1.807) is 0 Å². The molecule has 0 unspecified atom stereocenters. The first-order valence-electron chi connectivity index (χ1n) is 5.72. The number of β-amino-alcohol motifs (C(OH)–C–C–N with tert-alkyl or cyclic N) is 1. The van der Waals surface area contributed by atoms with Crippen LogP contribution in [0.25, 0.3) is 0 Å². The molecule has 1 heterocycles. The minimum Gasteiger partial charge on any atom is -0.390 e. The summed E-state index contributed by atoms with van der Waals surface area (Å²) in [6.07, 6.45) is -0.740. The number of amides is 1. The summed E-state index contributed by atoms with van der Waals surface area (Å²) < 4.78 is 27.6. The number of nitrogens with one attached hydrogen (secondary N) is 1. The third-order valence-electron chi connectivity index (χ3n) is 3.19. The maximum atomic E-state index is 13.7. The Labute approximate surface area is 117 Å². The van der Waals surface area contributed by atoms with Crippen molar-refractivity contribution in [2.45, 2.75) is 12.1 Å². The van der Waals surface area contributed by atoms with E-state index in [0.717, 1.165) is 12.1 Å². The van der Waals surface area contributed by atoms with E-state index >= 15 is 0 Å². The van der Waals surface area contributed by atoms with E-state index in [9.17, 15) is 18.7 Å². The molecule has 4 nitrogen and oxygen atoms in total. The predicted octanol–water partition coefficient (Wildman–Crippen LogP) is 1.13. The maximum Gasteiger partial charge on any atom is 0.259 e. The normalized spacial score (nSPS) is 22.6. The molecular weight excluding hydrogens is 322 g/mol. The highest BCUT2D eigenvalue weighted by atomic mass is 79.9. The molecular formula is C12H13BrF2N2O2. The minimum absolute atomic E-state index is 0.226. The molecule has 19 heavy (non-hydrogen) atoms. The molecule has 0 spiro atoms. The van der Waals surface area contributed by atoms with Gasteiger partial charge in [0.1, 0.15) is 17.2 Å². The van der Waals surface area contributed by atoms with Crippen molar-refractivity contribution in [3.05, 3.63) is 33.8 Å². The molecule has 2 N–H and O–H groups in total. The Morgan fingerprint density at radius 1 is 1.42 bits per heavy atom. The lowest BCUT2D eigenvalue weighted by Crippen LogP contribution is -2.44. The van der Waals surface area contributed by atoms with Gasteiger partial charge in [-0.15, -0.1) is 0 Å². The summed E-state index contributed by atoms with van der Waals surface area (Å²) in [6.45, 7) is 0.747. The number of rotatable bonds is 2. The highest BCUT2D eigenvalue weighted by Crippen LogP contribution is 2.22. The Kier molecular flexibility index (Phi) is 4.17. The number of aliphatic hydroxyl groups excluding tert-OH is 1. The summed E-state index contributed by atoms with van der Waals surface area (Å²) >= 11 is 2.95. The van der Waals surface area contributed by atoms with Gasteiger partial charge in [-0.3, -0.25) is 4.79 Å². The van der Waals surface area contributed by atoms with Crippen molar-refractivity contribution >= 4 is 21.8 Å². The number of hydrogen-bond acceptors (Lipinski definition) is 3. The van der Waals surface area contributed by atoms with E-state index in [4.69, 9.17) is 0 Å². The predicted molar refractivity (Wildman–Crippen MR) is 68.8 cm³/mol. The maximum absolute atomic E-state index is 13.7. The zero-order valence-corrected chi connectivity index (χ0v) is 11.7. The number of carbonyl (C=O) groups is 1. The molecule has 1 aliphatic rings. The third-order valence-corrected chi connectivity index (χ3v) is 3.65. The largest absolute Gasteiger partial charge is 0.390 e. The Hall–Kier alpha value is -1.05. The lowest BCUT2D eigenvalue weighted by molar-refractivity contribution is 0.0572. The lowest BCUT2D eigenvalue weighted by Gasteiger charge is -2.26. The number of benzene rings is 1. The topological polar surface area (TPSA) is 52.6 Å². The standard InChI is InChI=1S/C12H13BrF2N2O2/c1-17(9-4-16-5-10(9)18)12(19)11-7(14)2-6(13)3-8(11)15/h2-3,9-10,16,18H,4-5H2,1H3/t9-,10-/m1/s1. The van der Waals surface area contributed by atoms with Crippen LogP contribution in [0.2, 0.25) is 0 Å². The third kappa shape index (κ3) is 2.77. The molecule has 0 saturated carbocycles. The van der Waals surface area contributed by atoms with Crippen molar-refractivity contribution in [1.82, 2.24) is 10.2 Å². The van der Waals surface area contributed by atoms with E-state index in [0.29, 0.717) is 13.1 Å². The molecule has 0 aliphatic carbocycles. The molecule has 1 saturated heterocycles. The monoisotopic (exact) mass is 334 g/mol. The van der Waals surface area contributed by atoms with Crippen LogP contribution in [0, 0.1) is 11.6 Å². The Bertz CT molecular complexity index is 489. The van der Waals surface area contributed by atoms with Crippen LogP contribution in [-0.4, -0.2) is 48.2 Å². The van der Waals surface area contributed by atoms with Gasteiger partial charge in [-0.25, -0.2) is 8.78 Å². The molecule has 1 amide bonds. The Balaban J connectivity index is 2.29. The summed E-state index contributed by atoms with van der Waals surface area (Å²) in [7, 11) is 1.42. The molecule has 2 atom stereocenters. The average molecular weight is 335 g/mol. The van der Waals surface area contributed by atoms with Gasteiger partial charge in [0, 0.05) is 24.6 Å². The SMILES string of the molecule is CN(C(=O)c1c(F)cc(Br)cc1F)[C@@H]1CNC[C@H]1O. The van der Waals surface area contributed by atoms with Crippen LogP contribution in [-0.2, 0) is 0 Å². The fourth-order valence-electron chi connectivity index (χ4n) is 2.12. The number of nitrogens with zero attached hydrogens (tertiary/aromatic N) is 1. The smallest absolute Gasteiger partial charge is 0.259 e. The summed E-state index contributed by atoms with van der Waals surface area (Å²) in [5.74, 6) is -2.64. The highest BCUT2D eigenvalue weighted by Gasteiger charge is 2.33. The van der Waals surface area contributed by atoms with E-state index in [1.165, 1.54) is 11.9 Å². The summed E-state index contributed by atoms with van der Waals surface area (Å²) in [5.41, 5.74) is -0.607. The minimum atomic E-state index is -0.927. The molecule has 104 valence electrons. The Morgan fingerprint density at radius 3 is 2.47 bits per heavy atom. The van der Waals surface area contributed by atoms with Gasteiger partial charge in [-0.05, 0) is 12.1 Å². The molecule has 1 fully saturated rings. The number of halogens is 3. The van der Waals surface area contributed by atoms with Gasteiger partial charge in [-0.1, -0.05) is 15.9 Å². The summed E-state index contributed by atoms with van der Waals surface area (Å²) in [4.78, 5) is 13.3. The fraction of sp³-hybridized carbons (Fsp3) is 0.417. The van der Waals surface area contributed by atoms with Gasteiger partial charge in [0.05, 0.1) is 12.1 Å². The van der Waals surface area contributed by atoms with Gasteiger partial charge in [-0.2, -0.15) is 0 Å². The summed E-state index contributed by atoms with van der Waals surface area (Å²) in [6, 6.07) is 1.58. The molecule has 0 aromatic heterocycles. The zero-order valence-electron chi connectivity index (χ0n) is 10.2. The van der Waals surface area contributed by atoms with Crippen molar-refractivity contribution in [3.63, 3.8) is 0 Å². The average Bonchev–Trinajstić information content (AvgIpc) is 2.73. The van der Waals surface area contributed by atoms with Gasteiger partial charge in [0.25, 0.3) is 5.91 Å². The van der Waals surface area contributed by atoms with Crippen LogP contribution < -0.4 is 5.32 Å². The van der Waals surface area contributed by atoms with E-state index < -0.39 is 35.3 Å². The van der Waals surface area contributed by atoms with Crippen molar-refractivity contribution in [3.8, 4) is 0 Å². The molecule has 1 aromatic carbocycles. The van der Waals surface area contributed by atoms with Gasteiger partial charge >= 0.3 is 0 Å². The number of carbonyl (C=O) groups excluding carboxylic acids is 1. The quantitative estimate of drug-likeness (QED) is 0.852. The summed E-state index contributed by atoms with van der Waals surface area (Å²) in [5, 5.41) is 12.6. The van der Waals surface area contributed by atoms with Crippen LogP contribution in [0.3, 0.4) is 0 Å². The first kappa shape index (κ1) is 14.4. The van der Waals surface area contributed by atoms with Crippen molar-refractivity contribution < 1.29 is 18.7 Å². The van der Waals surface area contributed by atoms with E-state index in [2.05, 4.69) is 21.2 Å². The van der Waals surface area contributed by atoms with Crippen LogP contribution in [0.5, 0.6) is 0 Å². The van der Waals surface area contributed by atoms with Crippen LogP contribution in [0.1, 0.15) is 10.4 Å². The first-order valence-corrected chi connectivity index (χ1v) is 6.51. The van der Waals surface area contributed by atoms with Crippen molar-refractivity contribution in [2.75, 3.05) is 20.1 Å². The second-order valence-corrected chi connectivity index (χ2v) is 5.37. The molecule has 0 radical (unpaired) electrons. The number of likely N-dealkylation sites (N-methyl/N-ethyl adjacent to an activating group) is 1. The second-order valence-electron chi connectivity index (χ2n) is 4.45.